The van der Waals surface area contributed by atoms with Gasteiger partial charge in [0, 0.05) is 25.5 Å². The second-order valence-electron chi connectivity index (χ2n) is 3.68. The van der Waals surface area contributed by atoms with Crippen LogP contribution in [0.4, 0.5) is 0 Å². The van der Waals surface area contributed by atoms with Gasteiger partial charge in [0.15, 0.2) is 0 Å². The molecule has 0 amide bonds. The fourth-order valence-electron chi connectivity index (χ4n) is 1.14. The van der Waals surface area contributed by atoms with Crippen LogP contribution in [0.5, 0.6) is 0 Å². The molecule has 0 aliphatic carbocycles. The molecule has 5 heteroatoms. The van der Waals surface area contributed by atoms with Gasteiger partial charge in [0.1, 0.15) is 0 Å². The largest absolute Gasteiger partial charge is 0.478 e. The van der Waals surface area contributed by atoms with Crippen LogP contribution in [0.25, 0.3) is 0 Å². The average molecular weight is 244 g/mol. The highest BCUT2D eigenvalue weighted by Gasteiger charge is 2.05. The van der Waals surface area contributed by atoms with Crippen molar-refractivity contribution in [2.45, 2.75) is 32.1 Å². The van der Waals surface area contributed by atoms with Crippen molar-refractivity contribution in [3.63, 3.8) is 0 Å². The lowest BCUT2D eigenvalue weighted by atomic mass is 10.2. The quantitative estimate of drug-likeness (QED) is 0.602. The molecule has 1 aliphatic rings. The molecule has 0 aromatic carbocycles. The summed E-state index contributed by atoms with van der Waals surface area (Å²) in [6.07, 6.45) is 4.22. The molecule has 1 heterocycles. The molecule has 5 nitrogen and oxygen atoms in total. The molecule has 1 fully saturated rings. The van der Waals surface area contributed by atoms with Crippen LogP contribution in [0.1, 0.15) is 32.1 Å². The fourth-order valence-corrected chi connectivity index (χ4v) is 1.14. The minimum Gasteiger partial charge on any atom is -0.478 e. The molecule has 0 saturated carbocycles. The lowest BCUT2D eigenvalue weighted by Gasteiger charge is -1.96. The molecule has 1 rings (SSSR count). The predicted molar refractivity (Wildman–Crippen MR) is 62.7 cm³/mol. The van der Waals surface area contributed by atoms with E-state index < -0.39 is 5.97 Å². The van der Waals surface area contributed by atoms with Crippen molar-refractivity contribution in [2.24, 2.45) is 0 Å². The Morgan fingerprint density at radius 2 is 2.18 bits per heavy atom. The summed E-state index contributed by atoms with van der Waals surface area (Å²) < 4.78 is 9.40. The van der Waals surface area contributed by atoms with Gasteiger partial charge in [0.2, 0.25) is 0 Å². The Labute approximate surface area is 101 Å². The van der Waals surface area contributed by atoms with Gasteiger partial charge in [-0.2, -0.15) is 0 Å². The maximum Gasteiger partial charge on any atom is 0.331 e. The number of ether oxygens (including phenoxy) is 2. The maximum absolute atomic E-state index is 10.5. The molecular weight excluding hydrogens is 224 g/mol. The number of esters is 1. The van der Waals surface area contributed by atoms with E-state index in [1.807, 2.05) is 0 Å². The van der Waals surface area contributed by atoms with Gasteiger partial charge < -0.3 is 14.6 Å². The normalized spacial score (nSPS) is 15.0. The van der Waals surface area contributed by atoms with Crippen molar-refractivity contribution < 1.29 is 24.2 Å². The topological polar surface area (TPSA) is 72.8 Å². The molecule has 0 bridgehead atoms. The van der Waals surface area contributed by atoms with Gasteiger partial charge in [-0.1, -0.05) is 6.58 Å². The van der Waals surface area contributed by atoms with Crippen LogP contribution in [0.15, 0.2) is 12.2 Å². The first kappa shape index (κ1) is 15.6. The smallest absolute Gasteiger partial charge is 0.331 e. The molecule has 0 spiro atoms. The minimum atomic E-state index is -0.952. The van der Waals surface area contributed by atoms with E-state index in [1.54, 1.807) is 0 Å². The summed E-state index contributed by atoms with van der Waals surface area (Å²) in [6.45, 7) is 4.37. The van der Waals surface area contributed by atoms with Crippen molar-refractivity contribution in [1.29, 1.82) is 0 Å². The van der Waals surface area contributed by atoms with Crippen molar-refractivity contribution in [3.8, 4) is 0 Å². The summed E-state index contributed by atoms with van der Waals surface area (Å²) in [5.74, 6) is -0.977. The second-order valence-corrected chi connectivity index (χ2v) is 3.68. The first-order valence-electron chi connectivity index (χ1n) is 5.63. The molecule has 0 aromatic heterocycles. The number of carbonyl (C=O) groups is 2. The summed E-state index contributed by atoms with van der Waals surface area (Å²) in [4.78, 5) is 20.5. The van der Waals surface area contributed by atoms with Crippen LogP contribution in [0.2, 0.25) is 0 Å². The van der Waals surface area contributed by atoms with E-state index in [0.29, 0.717) is 26.1 Å². The van der Waals surface area contributed by atoms with Crippen molar-refractivity contribution in [3.05, 3.63) is 12.2 Å². The SMILES string of the molecule is C=C(CCOC)C(=O)O.O=C1CCCCCO1. The molecule has 0 unspecified atom stereocenters. The number of cyclic esters (lactones) is 1. The number of rotatable bonds is 4. The first-order valence-corrected chi connectivity index (χ1v) is 5.63. The zero-order valence-corrected chi connectivity index (χ0v) is 10.2. The molecule has 1 aliphatic heterocycles. The van der Waals surface area contributed by atoms with E-state index in [4.69, 9.17) is 9.84 Å². The number of hydrogen-bond donors (Lipinski definition) is 1. The van der Waals surface area contributed by atoms with Gasteiger partial charge in [-0.3, -0.25) is 4.79 Å². The molecule has 0 aromatic rings. The number of carboxylic acid groups (broad SMARTS) is 1. The highest BCUT2D eigenvalue weighted by atomic mass is 16.5. The van der Waals surface area contributed by atoms with Crippen LogP contribution in [-0.4, -0.2) is 37.4 Å². The summed E-state index contributed by atoms with van der Waals surface area (Å²) in [5, 5.41) is 8.25. The Kier molecular flexibility index (Phi) is 9.05. The number of carboxylic acids is 1. The highest BCUT2D eigenvalue weighted by molar-refractivity contribution is 5.85. The highest BCUT2D eigenvalue weighted by Crippen LogP contribution is 2.06. The Morgan fingerprint density at radius 3 is 2.76 bits per heavy atom. The van der Waals surface area contributed by atoms with E-state index in [0.717, 1.165) is 19.3 Å². The summed E-state index contributed by atoms with van der Waals surface area (Å²) in [7, 11) is 1.52. The van der Waals surface area contributed by atoms with E-state index in [1.165, 1.54) is 7.11 Å². The predicted octanol–water partition coefficient (Wildman–Crippen LogP) is 1.77. The van der Waals surface area contributed by atoms with E-state index >= 15 is 0 Å². The maximum atomic E-state index is 10.5. The number of methoxy groups -OCH3 is 1. The number of hydrogen-bond acceptors (Lipinski definition) is 4. The Hall–Kier alpha value is -1.36. The van der Waals surface area contributed by atoms with Crippen LogP contribution in [0.3, 0.4) is 0 Å². The van der Waals surface area contributed by atoms with Gasteiger partial charge in [0.05, 0.1) is 13.2 Å². The Bertz CT molecular complexity index is 250. The third-order valence-corrected chi connectivity index (χ3v) is 2.20. The standard InChI is InChI=1S/C6H10O3.C6H10O2/c1-5(6(7)8)3-4-9-2;7-6-4-2-1-3-5-8-6/h1,3-4H2,2H3,(H,7,8);1-5H2. The molecule has 98 valence electrons. The zero-order chi connectivity index (χ0) is 13.1. The van der Waals surface area contributed by atoms with Gasteiger partial charge in [-0.15, -0.1) is 0 Å². The zero-order valence-electron chi connectivity index (χ0n) is 10.2. The van der Waals surface area contributed by atoms with Crippen LogP contribution in [0, 0.1) is 0 Å². The summed E-state index contributed by atoms with van der Waals surface area (Å²) in [5.41, 5.74) is 0.192. The van der Waals surface area contributed by atoms with E-state index in [-0.39, 0.29) is 11.5 Å². The first-order chi connectivity index (χ1) is 8.07. The molecule has 0 radical (unpaired) electrons. The third kappa shape index (κ3) is 9.56. The Balaban J connectivity index is 0.000000302. The number of carbonyl (C=O) groups excluding carboxylic acids is 1. The number of aliphatic carboxylic acids is 1. The van der Waals surface area contributed by atoms with E-state index in [9.17, 15) is 9.59 Å². The van der Waals surface area contributed by atoms with Crippen molar-refractivity contribution >= 4 is 11.9 Å². The molecular formula is C12H20O5. The van der Waals surface area contributed by atoms with Gasteiger partial charge in [-0.25, -0.2) is 4.79 Å². The van der Waals surface area contributed by atoms with Gasteiger partial charge in [-0.05, 0) is 19.3 Å². The van der Waals surface area contributed by atoms with Crippen LogP contribution < -0.4 is 0 Å². The Morgan fingerprint density at radius 1 is 1.47 bits per heavy atom. The second kappa shape index (κ2) is 9.84. The lowest BCUT2D eigenvalue weighted by Crippen LogP contribution is -2.01. The van der Waals surface area contributed by atoms with Crippen molar-refractivity contribution in [1.82, 2.24) is 0 Å². The third-order valence-electron chi connectivity index (χ3n) is 2.20. The van der Waals surface area contributed by atoms with Crippen molar-refractivity contribution in [2.75, 3.05) is 20.3 Å². The lowest BCUT2D eigenvalue weighted by molar-refractivity contribution is -0.142. The van der Waals surface area contributed by atoms with Crippen LogP contribution in [-0.2, 0) is 19.1 Å². The monoisotopic (exact) mass is 244 g/mol. The average Bonchev–Trinajstić information content (AvgIpc) is 2.54. The minimum absolute atomic E-state index is 0.0255. The molecule has 1 saturated heterocycles. The summed E-state index contributed by atoms with van der Waals surface area (Å²) in [6, 6.07) is 0. The van der Waals surface area contributed by atoms with Crippen LogP contribution >= 0.6 is 0 Å². The summed E-state index contributed by atoms with van der Waals surface area (Å²) >= 11 is 0. The molecule has 17 heavy (non-hydrogen) atoms. The molecule has 1 N–H and O–H groups in total. The van der Waals surface area contributed by atoms with Gasteiger partial charge in [0.25, 0.3) is 0 Å². The fraction of sp³-hybridized carbons (Fsp3) is 0.667. The van der Waals surface area contributed by atoms with E-state index in [2.05, 4.69) is 11.3 Å². The molecule has 0 atom stereocenters. The van der Waals surface area contributed by atoms with Gasteiger partial charge >= 0.3 is 11.9 Å².